The molecule has 0 spiro atoms. The third kappa shape index (κ3) is 2.40. The Hall–Kier alpha value is -2.56. The van der Waals surface area contributed by atoms with Gasteiger partial charge >= 0.3 is 0 Å². The van der Waals surface area contributed by atoms with Crippen LogP contribution in [-0.4, -0.2) is 7.11 Å². The molecule has 0 aliphatic heterocycles. The summed E-state index contributed by atoms with van der Waals surface area (Å²) in [5.74, 6) is 1.73. The van der Waals surface area contributed by atoms with Gasteiger partial charge in [-0.2, -0.15) is 0 Å². The second kappa shape index (κ2) is 4.75. The lowest BCUT2D eigenvalue weighted by atomic mass is 10.2. The highest BCUT2D eigenvalue weighted by Gasteiger charge is 2.05. The Morgan fingerprint density at radius 1 is 0.833 bits per heavy atom. The number of nitrogen functional groups attached to an aromatic ring is 3. The fraction of sp³-hybridized carbons (Fsp3) is 0.0769. The van der Waals surface area contributed by atoms with Crippen LogP contribution in [0.25, 0.3) is 0 Å². The Morgan fingerprint density at radius 2 is 1.50 bits per heavy atom. The van der Waals surface area contributed by atoms with Crippen LogP contribution in [0, 0.1) is 0 Å². The van der Waals surface area contributed by atoms with Crippen LogP contribution in [0.15, 0.2) is 36.4 Å². The highest BCUT2D eigenvalue weighted by molar-refractivity contribution is 5.62. The minimum atomic E-state index is 0.476. The molecule has 0 heterocycles. The standard InChI is InChI=1S/C13H15N3O2/c1-17-12-5-3-9(7-11(12)16)18-13-4-2-8(14)6-10(13)15/h2-7H,14-16H2,1H3. The van der Waals surface area contributed by atoms with E-state index in [1.165, 1.54) is 0 Å². The van der Waals surface area contributed by atoms with Crippen LogP contribution in [0.3, 0.4) is 0 Å². The lowest BCUT2D eigenvalue weighted by Crippen LogP contribution is -1.96. The van der Waals surface area contributed by atoms with Crippen LogP contribution in [0.1, 0.15) is 0 Å². The predicted molar refractivity (Wildman–Crippen MR) is 72.7 cm³/mol. The number of rotatable bonds is 3. The van der Waals surface area contributed by atoms with Crippen molar-refractivity contribution >= 4 is 17.1 Å². The second-order valence-corrected chi connectivity index (χ2v) is 3.80. The van der Waals surface area contributed by atoms with Crippen molar-refractivity contribution in [2.75, 3.05) is 24.3 Å². The first-order valence-corrected chi connectivity index (χ1v) is 5.36. The van der Waals surface area contributed by atoms with Crippen molar-refractivity contribution in [3.63, 3.8) is 0 Å². The van der Waals surface area contributed by atoms with Crippen LogP contribution in [0.5, 0.6) is 17.2 Å². The normalized spacial score (nSPS) is 10.1. The van der Waals surface area contributed by atoms with Crippen molar-refractivity contribution in [3.05, 3.63) is 36.4 Å². The quantitative estimate of drug-likeness (QED) is 0.720. The van der Waals surface area contributed by atoms with Gasteiger partial charge in [0.05, 0.1) is 18.5 Å². The van der Waals surface area contributed by atoms with E-state index in [-0.39, 0.29) is 0 Å². The number of methoxy groups -OCH3 is 1. The highest BCUT2D eigenvalue weighted by Crippen LogP contribution is 2.32. The molecule has 94 valence electrons. The minimum Gasteiger partial charge on any atom is -0.495 e. The summed E-state index contributed by atoms with van der Waals surface area (Å²) in [7, 11) is 1.56. The summed E-state index contributed by atoms with van der Waals surface area (Å²) in [4.78, 5) is 0. The van der Waals surface area contributed by atoms with Gasteiger partial charge in [-0.15, -0.1) is 0 Å². The maximum absolute atomic E-state index is 5.80. The lowest BCUT2D eigenvalue weighted by molar-refractivity contribution is 0.415. The topological polar surface area (TPSA) is 96.5 Å². The number of anilines is 3. The molecule has 6 N–H and O–H groups in total. The first kappa shape index (κ1) is 11.9. The molecule has 18 heavy (non-hydrogen) atoms. The summed E-state index contributed by atoms with van der Waals surface area (Å²) in [6, 6.07) is 10.2. The molecule has 0 bridgehead atoms. The van der Waals surface area contributed by atoms with E-state index >= 15 is 0 Å². The highest BCUT2D eigenvalue weighted by atomic mass is 16.5. The van der Waals surface area contributed by atoms with Gasteiger partial charge in [0.15, 0.2) is 0 Å². The van der Waals surface area contributed by atoms with E-state index in [0.717, 1.165) is 0 Å². The molecule has 0 amide bonds. The molecule has 5 nitrogen and oxygen atoms in total. The molecule has 2 aromatic rings. The average molecular weight is 245 g/mol. The SMILES string of the molecule is COc1ccc(Oc2ccc(N)cc2N)cc1N. The molecule has 2 aromatic carbocycles. The largest absolute Gasteiger partial charge is 0.495 e. The van der Waals surface area contributed by atoms with E-state index in [1.807, 2.05) is 0 Å². The van der Waals surface area contributed by atoms with Gasteiger partial charge in [-0.05, 0) is 30.3 Å². The average Bonchev–Trinajstić information content (AvgIpc) is 2.33. The van der Waals surface area contributed by atoms with E-state index in [4.69, 9.17) is 26.7 Å². The zero-order valence-electron chi connectivity index (χ0n) is 10.0. The maximum Gasteiger partial charge on any atom is 0.150 e. The number of ether oxygens (including phenoxy) is 2. The smallest absolute Gasteiger partial charge is 0.150 e. The number of hydrogen-bond acceptors (Lipinski definition) is 5. The third-order valence-electron chi connectivity index (χ3n) is 2.46. The van der Waals surface area contributed by atoms with E-state index in [1.54, 1.807) is 43.5 Å². The van der Waals surface area contributed by atoms with Crippen LogP contribution in [0.4, 0.5) is 17.1 Å². The summed E-state index contributed by atoms with van der Waals surface area (Å²) in [6.45, 7) is 0. The molecule has 0 aliphatic carbocycles. The van der Waals surface area contributed by atoms with Crippen molar-refractivity contribution in [2.45, 2.75) is 0 Å². The monoisotopic (exact) mass is 245 g/mol. The van der Waals surface area contributed by atoms with Crippen LogP contribution in [-0.2, 0) is 0 Å². The molecule has 0 atom stereocenters. The predicted octanol–water partition coefficient (Wildman–Crippen LogP) is 2.23. The van der Waals surface area contributed by atoms with Gasteiger partial charge in [-0.25, -0.2) is 0 Å². The molecular formula is C13H15N3O2. The summed E-state index contributed by atoms with van der Waals surface area (Å²) >= 11 is 0. The fourth-order valence-corrected chi connectivity index (χ4v) is 1.56. The van der Waals surface area contributed by atoms with E-state index < -0.39 is 0 Å². The molecular weight excluding hydrogens is 230 g/mol. The van der Waals surface area contributed by atoms with Crippen molar-refractivity contribution in [1.82, 2.24) is 0 Å². The van der Waals surface area contributed by atoms with E-state index in [0.29, 0.717) is 34.3 Å². The van der Waals surface area contributed by atoms with Crippen molar-refractivity contribution < 1.29 is 9.47 Å². The van der Waals surface area contributed by atoms with Crippen molar-refractivity contribution in [3.8, 4) is 17.2 Å². The van der Waals surface area contributed by atoms with Gasteiger partial charge in [-0.3, -0.25) is 0 Å². The molecule has 0 saturated carbocycles. The van der Waals surface area contributed by atoms with Crippen LogP contribution >= 0.6 is 0 Å². The van der Waals surface area contributed by atoms with Gasteiger partial charge in [0, 0.05) is 11.8 Å². The summed E-state index contributed by atoms with van der Waals surface area (Å²) in [6.07, 6.45) is 0. The molecule has 0 aliphatic rings. The zero-order chi connectivity index (χ0) is 13.1. The van der Waals surface area contributed by atoms with Gasteiger partial charge in [-0.1, -0.05) is 0 Å². The first-order valence-electron chi connectivity index (χ1n) is 5.36. The molecule has 0 unspecified atom stereocenters. The lowest BCUT2D eigenvalue weighted by Gasteiger charge is -2.11. The Balaban J connectivity index is 2.26. The molecule has 0 radical (unpaired) electrons. The van der Waals surface area contributed by atoms with Crippen molar-refractivity contribution in [1.29, 1.82) is 0 Å². The van der Waals surface area contributed by atoms with E-state index in [9.17, 15) is 0 Å². The Morgan fingerprint density at radius 3 is 2.11 bits per heavy atom. The van der Waals surface area contributed by atoms with Crippen LogP contribution < -0.4 is 26.7 Å². The summed E-state index contributed by atoms with van der Waals surface area (Å²) in [5, 5.41) is 0. The van der Waals surface area contributed by atoms with Crippen LogP contribution in [0.2, 0.25) is 0 Å². The Kier molecular flexibility index (Phi) is 3.14. The molecule has 2 rings (SSSR count). The van der Waals surface area contributed by atoms with Gasteiger partial charge in [0.2, 0.25) is 0 Å². The first-order chi connectivity index (χ1) is 8.60. The van der Waals surface area contributed by atoms with Gasteiger partial charge in [0.25, 0.3) is 0 Å². The Labute approximate surface area is 105 Å². The molecule has 0 saturated heterocycles. The molecule has 0 aromatic heterocycles. The number of hydrogen-bond donors (Lipinski definition) is 3. The summed E-state index contributed by atoms with van der Waals surface area (Å²) < 4.78 is 10.7. The van der Waals surface area contributed by atoms with Gasteiger partial charge < -0.3 is 26.7 Å². The summed E-state index contributed by atoms with van der Waals surface area (Å²) in [5.41, 5.74) is 18.8. The van der Waals surface area contributed by atoms with E-state index in [2.05, 4.69) is 0 Å². The maximum atomic E-state index is 5.80. The molecule has 5 heteroatoms. The van der Waals surface area contributed by atoms with Crippen molar-refractivity contribution in [2.24, 2.45) is 0 Å². The van der Waals surface area contributed by atoms with Gasteiger partial charge in [0.1, 0.15) is 17.2 Å². The molecule has 0 fully saturated rings. The fourth-order valence-electron chi connectivity index (χ4n) is 1.56. The second-order valence-electron chi connectivity index (χ2n) is 3.80. The Bertz CT molecular complexity index is 570. The zero-order valence-corrected chi connectivity index (χ0v) is 10.0. The third-order valence-corrected chi connectivity index (χ3v) is 2.46. The number of benzene rings is 2. The minimum absolute atomic E-state index is 0.476. The number of nitrogens with two attached hydrogens (primary N) is 3.